The van der Waals surface area contributed by atoms with E-state index in [-0.39, 0.29) is 0 Å². The number of nitrogens with two attached hydrogens (primary N) is 1. The summed E-state index contributed by atoms with van der Waals surface area (Å²) in [6.45, 7) is 3.16. The Hall–Kier alpha value is -0.620. The molecule has 0 radical (unpaired) electrons. The van der Waals surface area contributed by atoms with Gasteiger partial charge in [-0.25, -0.2) is 0 Å². The molecule has 0 atom stereocenters. The summed E-state index contributed by atoms with van der Waals surface area (Å²) in [5, 5.41) is 12.0. The standard InChI is InChI=1S/C18H39N.N2/c1-2-3-4-5-6-7-8-9-10-11-12-13-14-15-16-17-18-19;1-2/h2-19H2,1H3;. The van der Waals surface area contributed by atoms with E-state index in [0.717, 1.165) is 6.54 Å². The fraction of sp³-hybridized carbons (Fsp3) is 1.00. The van der Waals surface area contributed by atoms with Crippen LogP contribution in [0.1, 0.15) is 110 Å². The average molecular weight is 298 g/mol. The Bertz CT molecular complexity index is 165. The number of rotatable bonds is 16. The fourth-order valence-corrected chi connectivity index (χ4v) is 2.69. The van der Waals surface area contributed by atoms with Crippen molar-refractivity contribution in [2.45, 2.75) is 110 Å². The number of nitrogens with zero attached hydrogens (tertiary/aromatic N) is 2. The lowest BCUT2D eigenvalue weighted by atomic mass is 10.0. The molecule has 0 aliphatic heterocycles. The lowest BCUT2D eigenvalue weighted by Crippen LogP contribution is -1.97. The topological polar surface area (TPSA) is 73.6 Å². The van der Waals surface area contributed by atoms with Gasteiger partial charge in [-0.3, -0.25) is 0 Å². The van der Waals surface area contributed by atoms with Crippen LogP contribution in [0, 0.1) is 10.8 Å². The van der Waals surface area contributed by atoms with Crippen LogP contribution in [0.15, 0.2) is 0 Å². The van der Waals surface area contributed by atoms with Crippen LogP contribution in [0.25, 0.3) is 0 Å². The summed E-state index contributed by atoms with van der Waals surface area (Å²) < 4.78 is 0. The quantitative estimate of drug-likeness (QED) is 0.271. The molecule has 0 bridgehead atoms. The lowest BCUT2D eigenvalue weighted by molar-refractivity contribution is 0.530. The van der Waals surface area contributed by atoms with Crippen molar-refractivity contribution in [3.63, 3.8) is 0 Å². The predicted molar refractivity (Wildman–Crippen MR) is 92.1 cm³/mol. The minimum absolute atomic E-state index is 0.873. The van der Waals surface area contributed by atoms with Gasteiger partial charge in [-0.1, -0.05) is 103 Å². The van der Waals surface area contributed by atoms with Crippen LogP contribution in [-0.4, -0.2) is 6.54 Å². The van der Waals surface area contributed by atoms with Gasteiger partial charge in [0.05, 0.1) is 0 Å². The molecule has 0 rings (SSSR count). The molecule has 0 aromatic heterocycles. The largest absolute Gasteiger partial charge is 0.330 e. The smallest absolute Gasteiger partial charge is 0 e. The van der Waals surface area contributed by atoms with Gasteiger partial charge in [-0.2, -0.15) is 0 Å². The van der Waals surface area contributed by atoms with Crippen molar-refractivity contribution in [1.82, 2.24) is 0 Å². The predicted octanol–water partition coefficient (Wildman–Crippen LogP) is 6.24. The van der Waals surface area contributed by atoms with Gasteiger partial charge in [-0.15, -0.1) is 0 Å². The van der Waals surface area contributed by atoms with E-state index in [1.54, 1.807) is 0 Å². The first-order valence-corrected chi connectivity index (χ1v) is 9.32. The average Bonchev–Trinajstić information content (AvgIpc) is 2.53. The molecule has 0 saturated heterocycles. The second-order valence-electron chi connectivity index (χ2n) is 6.09. The van der Waals surface area contributed by atoms with E-state index in [4.69, 9.17) is 16.5 Å². The summed E-state index contributed by atoms with van der Waals surface area (Å²) in [6, 6.07) is 0. The molecular formula is C18H39N3. The van der Waals surface area contributed by atoms with Crippen LogP contribution < -0.4 is 5.73 Å². The van der Waals surface area contributed by atoms with Gasteiger partial charge >= 0.3 is 0 Å². The Labute approximate surface area is 133 Å². The van der Waals surface area contributed by atoms with Crippen LogP contribution >= 0.6 is 0 Å². The monoisotopic (exact) mass is 297 g/mol. The summed E-state index contributed by atoms with van der Waals surface area (Å²) >= 11 is 0. The highest BCUT2D eigenvalue weighted by Crippen LogP contribution is 2.13. The van der Waals surface area contributed by atoms with Gasteiger partial charge in [0.15, 0.2) is 0 Å². The summed E-state index contributed by atoms with van der Waals surface area (Å²) in [4.78, 5) is 0. The summed E-state index contributed by atoms with van der Waals surface area (Å²) in [5.74, 6) is 0. The third-order valence-corrected chi connectivity index (χ3v) is 4.06. The van der Waals surface area contributed by atoms with E-state index in [1.165, 1.54) is 103 Å². The van der Waals surface area contributed by atoms with Gasteiger partial charge in [0, 0.05) is 10.8 Å². The van der Waals surface area contributed by atoms with Gasteiger partial charge < -0.3 is 5.73 Å². The SMILES string of the molecule is CCCCCCCCCCCCCCCCCCN.N#N. The molecule has 0 aliphatic rings. The Morgan fingerprint density at radius 1 is 0.476 bits per heavy atom. The van der Waals surface area contributed by atoms with Crippen LogP contribution in [0.5, 0.6) is 0 Å². The van der Waals surface area contributed by atoms with Crippen molar-refractivity contribution in [2.75, 3.05) is 6.54 Å². The minimum Gasteiger partial charge on any atom is -0.330 e. The van der Waals surface area contributed by atoms with Gasteiger partial charge in [-0.05, 0) is 13.0 Å². The molecule has 0 fully saturated rings. The third kappa shape index (κ3) is 24.7. The summed E-state index contributed by atoms with van der Waals surface area (Å²) in [5.41, 5.74) is 5.48. The van der Waals surface area contributed by atoms with E-state index >= 15 is 0 Å². The third-order valence-electron chi connectivity index (χ3n) is 4.06. The molecule has 126 valence electrons. The van der Waals surface area contributed by atoms with Crippen molar-refractivity contribution >= 4 is 0 Å². The van der Waals surface area contributed by atoms with Crippen LogP contribution in [0.4, 0.5) is 0 Å². The Morgan fingerprint density at radius 2 is 0.714 bits per heavy atom. The molecule has 0 unspecified atom stereocenters. The molecule has 0 aromatic rings. The Kier molecular flexibility index (Phi) is 26.3. The number of hydrogen-bond donors (Lipinski definition) is 1. The van der Waals surface area contributed by atoms with E-state index in [0.29, 0.717) is 0 Å². The minimum atomic E-state index is 0.873. The van der Waals surface area contributed by atoms with Gasteiger partial charge in [0.1, 0.15) is 0 Å². The Balaban J connectivity index is 0. The molecule has 0 saturated carbocycles. The zero-order valence-electron chi connectivity index (χ0n) is 14.5. The molecule has 0 aromatic carbocycles. The summed E-state index contributed by atoms with van der Waals surface area (Å²) in [7, 11) is 0. The van der Waals surface area contributed by atoms with Crippen LogP contribution in [-0.2, 0) is 0 Å². The van der Waals surface area contributed by atoms with Crippen LogP contribution in [0.3, 0.4) is 0 Å². The van der Waals surface area contributed by atoms with Crippen molar-refractivity contribution in [3.8, 4) is 0 Å². The molecule has 3 heteroatoms. The summed E-state index contributed by atoms with van der Waals surface area (Å²) in [6.07, 6.45) is 22.9. The highest BCUT2D eigenvalue weighted by atomic mass is 14.6. The van der Waals surface area contributed by atoms with Gasteiger partial charge in [0.25, 0.3) is 0 Å². The molecule has 21 heavy (non-hydrogen) atoms. The van der Waals surface area contributed by atoms with Crippen molar-refractivity contribution in [3.05, 3.63) is 0 Å². The van der Waals surface area contributed by atoms with E-state index < -0.39 is 0 Å². The molecule has 0 aliphatic carbocycles. The van der Waals surface area contributed by atoms with Gasteiger partial charge in [0.2, 0.25) is 0 Å². The Morgan fingerprint density at radius 3 is 0.952 bits per heavy atom. The maximum Gasteiger partial charge on any atom is 0 e. The van der Waals surface area contributed by atoms with Crippen molar-refractivity contribution < 1.29 is 0 Å². The van der Waals surface area contributed by atoms with Crippen LogP contribution in [0.2, 0.25) is 0 Å². The first-order valence-electron chi connectivity index (χ1n) is 9.32. The second kappa shape index (κ2) is 24.4. The molecular weight excluding hydrogens is 258 g/mol. The normalized spacial score (nSPS) is 10.1. The van der Waals surface area contributed by atoms with E-state index in [1.807, 2.05) is 0 Å². The lowest BCUT2D eigenvalue weighted by Gasteiger charge is -2.03. The second-order valence-corrected chi connectivity index (χ2v) is 6.09. The number of unbranched alkanes of at least 4 members (excludes halogenated alkanes) is 15. The molecule has 3 nitrogen and oxygen atoms in total. The van der Waals surface area contributed by atoms with E-state index in [9.17, 15) is 0 Å². The molecule has 0 amide bonds. The highest BCUT2D eigenvalue weighted by Gasteiger charge is 1.94. The molecule has 2 N–H and O–H groups in total. The highest BCUT2D eigenvalue weighted by molar-refractivity contribution is 4.49. The fourth-order valence-electron chi connectivity index (χ4n) is 2.69. The zero-order chi connectivity index (χ0) is 16.0. The van der Waals surface area contributed by atoms with Crippen molar-refractivity contribution in [2.24, 2.45) is 5.73 Å². The first-order chi connectivity index (χ1) is 10.4. The first kappa shape index (κ1) is 22.7. The number of hydrogen-bond acceptors (Lipinski definition) is 3. The maximum absolute atomic E-state index is 6.00. The van der Waals surface area contributed by atoms with E-state index in [2.05, 4.69) is 6.92 Å². The zero-order valence-corrected chi connectivity index (χ0v) is 14.5. The maximum atomic E-state index is 6.00. The molecule has 0 heterocycles. The molecule has 0 spiro atoms. The van der Waals surface area contributed by atoms with Crippen molar-refractivity contribution in [1.29, 1.82) is 10.8 Å².